The molecule has 0 unspecified atom stereocenters. The first kappa shape index (κ1) is 26.3. The average Bonchev–Trinajstić information content (AvgIpc) is 2.96. The molecule has 0 aromatic heterocycles. The van der Waals surface area contributed by atoms with E-state index in [0.29, 0.717) is 22.5 Å². The number of carboxylic acid groups (broad SMARTS) is 1. The van der Waals surface area contributed by atoms with Gasteiger partial charge in [-0.15, -0.1) is 5.06 Å². The first-order valence-corrected chi connectivity index (χ1v) is 10.9. The van der Waals surface area contributed by atoms with Gasteiger partial charge in [0.05, 0.1) is 4.43 Å². The van der Waals surface area contributed by atoms with Gasteiger partial charge < -0.3 is 15.3 Å². The molecule has 1 saturated heterocycles. The van der Waals surface area contributed by atoms with Crippen LogP contribution in [0.25, 0.3) is 0 Å². The highest BCUT2D eigenvalue weighted by Gasteiger charge is 2.32. The van der Waals surface area contributed by atoms with Gasteiger partial charge in [0.15, 0.2) is 0 Å². The van der Waals surface area contributed by atoms with Crippen LogP contribution in [0.15, 0.2) is 0 Å². The fourth-order valence-corrected chi connectivity index (χ4v) is 2.45. The smallest absolute Gasteiger partial charge is 0.333 e. The summed E-state index contributed by atoms with van der Waals surface area (Å²) >= 11 is 2.00. The van der Waals surface area contributed by atoms with E-state index in [9.17, 15) is 24.0 Å². The van der Waals surface area contributed by atoms with Crippen molar-refractivity contribution >= 4 is 52.3 Å². The predicted octanol–water partition coefficient (Wildman–Crippen LogP) is 2.36. The van der Waals surface area contributed by atoms with E-state index in [4.69, 9.17) is 5.11 Å². The molecule has 28 heavy (non-hydrogen) atoms. The van der Waals surface area contributed by atoms with Crippen LogP contribution in [0.3, 0.4) is 0 Å². The highest BCUT2D eigenvalue weighted by Crippen LogP contribution is 2.13. The zero-order valence-corrected chi connectivity index (χ0v) is 18.4. The molecule has 1 heterocycles. The number of aliphatic carboxylic acids is 1. The number of unbranched alkanes of at least 4 members (excludes halogenated alkanes) is 4. The van der Waals surface area contributed by atoms with Gasteiger partial charge in [-0.3, -0.25) is 19.2 Å². The van der Waals surface area contributed by atoms with Crippen molar-refractivity contribution in [2.24, 2.45) is 0 Å². The molecule has 1 aliphatic heterocycles. The number of nitrogens with one attached hydrogen (secondary N) is 1. The molecule has 1 rings (SSSR count). The number of carbonyl (C=O) groups excluding carboxylic acids is 4. The number of nitrogens with zero attached hydrogens (tertiary/aromatic N) is 1. The van der Waals surface area contributed by atoms with Gasteiger partial charge >= 0.3 is 11.9 Å². The lowest BCUT2D eigenvalue weighted by atomic mass is 10.2. The second kappa shape index (κ2) is 16.3. The summed E-state index contributed by atoms with van der Waals surface area (Å²) in [6.45, 7) is 2.68. The van der Waals surface area contributed by atoms with Crippen molar-refractivity contribution in [1.29, 1.82) is 0 Å². The third-order valence-corrected chi connectivity index (χ3v) is 4.39. The van der Waals surface area contributed by atoms with Gasteiger partial charge in [0.1, 0.15) is 0 Å². The number of hydrogen-bond acceptors (Lipinski definition) is 6. The largest absolute Gasteiger partial charge is 0.481 e. The van der Waals surface area contributed by atoms with Crippen LogP contribution in [0, 0.1) is 0 Å². The third-order valence-electron chi connectivity index (χ3n) is 3.69. The van der Waals surface area contributed by atoms with Gasteiger partial charge in [0.2, 0.25) is 5.91 Å². The molecule has 0 radical (unpaired) electrons. The van der Waals surface area contributed by atoms with E-state index in [0.717, 1.165) is 32.1 Å². The second-order valence-corrected chi connectivity index (χ2v) is 6.95. The molecule has 0 saturated carbocycles. The van der Waals surface area contributed by atoms with Gasteiger partial charge in [0, 0.05) is 32.2 Å². The maximum Gasteiger partial charge on any atom is 0.333 e. The number of carbonyl (C=O) groups is 5. The molecule has 160 valence electrons. The van der Waals surface area contributed by atoms with Crippen LogP contribution in [-0.2, 0) is 28.8 Å². The van der Waals surface area contributed by atoms with Crippen LogP contribution >= 0.6 is 22.6 Å². The Morgan fingerprint density at radius 3 is 2.18 bits per heavy atom. The molecule has 1 fully saturated rings. The van der Waals surface area contributed by atoms with Crippen molar-refractivity contribution in [1.82, 2.24) is 10.4 Å². The Kier molecular flexibility index (Phi) is 15.3. The van der Waals surface area contributed by atoms with Crippen LogP contribution in [0.5, 0.6) is 0 Å². The molecule has 0 bridgehead atoms. The van der Waals surface area contributed by atoms with Gasteiger partial charge in [0.25, 0.3) is 11.8 Å². The zero-order valence-electron chi connectivity index (χ0n) is 16.2. The average molecular weight is 512 g/mol. The summed E-state index contributed by atoms with van der Waals surface area (Å²) < 4.78 is 0.479. The first-order valence-electron chi connectivity index (χ1n) is 9.42. The predicted molar refractivity (Wildman–Crippen MR) is 109 cm³/mol. The molecule has 1 aliphatic rings. The monoisotopic (exact) mass is 512 g/mol. The van der Waals surface area contributed by atoms with E-state index in [1.807, 2.05) is 29.5 Å². The minimum atomic E-state index is -0.753. The van der Waals surface area contributed by atoms with Crippen molar-refractivity contribution in [2.75, 3.05) is 11.0 Å². The number of rotatable bonds is 12. The lowest BCUT2D eigenvalue weighted by Crippen LogP contribution is -2.31. The summed E-state index contributed by atoms with van der Waals surface area (Å²) in [6, 6.07) is 0. The lowest BCUT2D eigenvalue weighted by Gasteiger charge is -2.12. The summed E-state index contributed by atoms with van der Waals surface area (Å²) in [5.41, 5.74) is 0. The summed E-state index contributed by atoms with van der Waals surface area (Å²) in [5, 5.41) is 11.6. The summed E-state index contributed by atoms with van der Waals surface area (Å²) in [6.07, 6.45) is 5.84. The zero-order chi connectivity index (χ0) is 21.4. The minimum absolute atomic E-state index is 0.0406. The Bertz CT molecular complexity index is 524. The molecule has 2 N–H and O–H groups in total. The molecule has 9 nitrogen and oxygen atoms in total. The number of alkyl halides is 1. The van der Waals surface area contributed by atoms with Gasteiger partial charge in [-0.25, -0.2) is 4.79 Å². The number of hydrogen-bond donors (Lipinski definition) is 2. The molecule has 3 amide bonds. The van der Waals surface area contributed by atoms with E-state index in [2.05, 4.69) is 10.2 Å². The number of carboxylic acids is 1. The van der Waals surface area contributed by atoms with Crippen LogP contribution in [0.2, 0.25) is 0 Å². The number of hydroxylamine groups is 2. The second-order valence-electron chi connectivity index (χ2n) is 6.19. The summed E-state index contributed by atoms with van der Waals surface area (Å²) in [5.74, 6) is -2.07. The van der Waals surface area contributed by atoms with Crippen molar-refractivity contribution in [2.45, 2.75) is 71.1 Å². The van der Waals surface area contributed by atoms with Gasteiger partial charge in [-0.1, -0.05) is 48.8 Å². The molecular weight excluding hydrogens is 483 g/mol. The Labute approximate surface area is 178 Å². The maximum atomic E-state index is 11.2. The highest BCUT2D eigenvalue weighted by molar-refractivity contribution is 14.1. The Hall–Kier alpha value is -1.72. The Morgan fingerprint density at radius 1 is 1.04 bits per heavy atom. The van der Waals surface area contributed by atoms with Crippen molar-refractivity contribution in [3.05, 3.63) is 0 Å². The summed E-state index contributed by atoms with van der Waals surface area (Å²) in [4.78, 5) is 58.9. The van der Waals surface area contributed by atoms with E-state index in [1.54, 1.807) is 0 Å². The number of amides is 3. The van der Waals surface area contributed by atoms with E-state index >= 15 is 0 Å². The van der Waals surface area contributed by atoms with Gasteiger partial charge in [-0.2, -0.15) is 0 Å². The fourth-order valence-electron chi connectivity index (χ4n) is 2.18. The lowest BCUT2D eigenvalue weighted by molar-refractivity contribution is -0.197. The van der Waals surface area contributed by atoms with Crippen LogP contribution in [0.1, 0.15) is 71.1 Å². The van der Waals surface area contributed by atoms with Crippen LogP contribution in [-0.4, -0.2) is 50.8 Å². The van der Waals surface area contributed by atoms with Crippen LogP contribution in [0.4, 0.5) is 0 Å². The van der Waals surface area contributed by atoms with Crippen molar-refractivity contribution in [3.8, 4) is 0 Å². The number of halogens is 1. The topological polar surface area (TPSA) is 130 Å². The Morgan fingerprint density at radius 2 is 1.64 bits per heavy atom. The third kappa shape index (κ3) is 13.4. The quantitative estimate of drug-likeness (QED) is 0.178. The molecule has 0 aromatic carbocycles. The number of imide groups is 1. The standard InChI is InChI=1S/C10H15NO4.C8H14INO3/c1-2-3-4-5-10(14)15-11-8(12)6-7-9(11)13;9-6-7(11)10-5-3-1-2-4-8(12)13/h2-7H2,1H3;1-6H2,(H,10,11)(H,12,13). The summed E-state index contributed by atoms with van der Waals surface area (Å²) in [7, 11) is 0. The molecule has 0 atom stereocenters. The Balaban J connectivity index is 0.000000528. The maximum absolute atomic E-state index is 11.2. The van der Waals surface area contributed by atoms with E-state index in [1.165, 1.54) is 0 Å². The van der Waals surface area contributed by atoms with Crippen molar-refractivity contribution < 1.29 is 33.9 Å². The molecule has 10 heteroatoms. The minimum Gasteiger partial charge on any atom is -0.481 e. The van der Waals surface area contributed by atoms with E-state index in [-0.39, 0.29) is 31.6 Å². The van der Waals surface area contributed by atoms with E-state index < -0.39 is 23.8 Å². The van der Waals surface area contributed by atoms with Gasteiger partial charge in [-0.05, 0) is 19.3 Å². The first-order chi connectivity index (χ1) is 13.3. The van der Waals surface area contributed by atoms with Crippen molar-refractivity contribution in [3.63, 3.8) is 0 Å². The molecular formula is C18H29IN2O7. The fraction of sp³-hybridized carbons (Fsp3) is 0.722. The molecule has 0 aromatic rings. The highest BCUT2D eigenvalue weighted by atomic mass is 127. The molecule has 0 aliphatic carbocycles. The van der Waals surface area contributed by atoms with Crippen LogP contribution < -0.4 is 5.32 Å². The molecule has 0 spiro atoms. The normalized spacial score (nSPS) is 13.0. The SMILES string of the molecule is CCCCCC(=O)ON1C(=O)CCC1=O.O=C(O)CCCCCNC(=O)CI.